The van der Waals surface area contributed by atoms with E-state index in [1.807, 2.05) is 31.2 Å². The highest BCUT2D eigenvalue weighted by Crippen LogP contribution is 2.37. The number of amides is 1. The fraction of sp³-hybridized carbons (Fsp3) is 0.316. The molecule has 28 heavy (non-hydrogen) atoms. The zero-order chi connectivity index (χ0) is 20.3. The van der Waals surface area contributed by atoms with Gasteiger partial charge in [-0.05, 0) is 42.8 Å². The van der Waals surface area contributed by atoms with Crippen LogP contribution < -0.4 is 19.1 Å². The number of nitrogens with zero attached hydrogens (tertiary/aromatic N) is 1. The van der Waals surface area contributed by atoms with E-state index in [4.69, 9.17) is 21.1 Å². The van der Waals surface area contributed by atoms with Gasteiger partial charge in [0.1, 0.15) is 11.5 Å². The van der Waals surface area contributed by atoms with Crippen LogP contribution in [0.25, 0.3) is 0 Å². The summed E-state index contributed by atoms with van der Waals surface area (Å²) >= 11 is 5.97. The van der Waals surface area contributed by atoms with Gasteiger partial charge in [-0.15, -0.1) is 0 Å². The summed E-state index contributed by atoms with van der Waals surface area (Å²) in [6.45, 7) is 2.65. The summed E-state index contributed by atoms with van der Waals surface area (Å²) in [5.41, 5.74) is 1.21. The van der Waals surface area contributed by atoms with Gasteiger partial charge >= 0.3 is 0 Å². The molecule has 2 aromatic carbocycles. The third-order valence-electron chi connectivity index (χ3n) is 4.18. The van der Waals surface area contributed by atoms with Crippen LogP contribution in [0.1, 0.15) is 12.5 Å². The van der Waals surface area contributed by atoms with E-state index in [9.17, 15) is 13.2 Å². The lowest BCUT2D eigenvalue weighted by atomic mass is 10.2. The number of rotatable bonds is 6. The maximum absolute atomic E-state index is 12.6. The van der Waals surface area contributed by atoms with Crippen LogP contribution in [0.4, 0.5) is 5.69 Å². The second-order valence-electron chi connectivity index (χ2n) is 6.31. The number of ether oxygens (including phenoxy) is 2. The van der Waals surface area contributed by atoms with Crippen LogP contribution in [0, 0.1) is 0 Å². The minimum absolute atomic E-state index is 0.124. The fourth-order valence-corrected chi connectivity index (χ4v) is 3.92. The van der Waals surface area contributed by atoms with Crippen LogP contribution in [0.15, 0.2) is 42.5 Å². The van der Waals surface area contributed by atoms with Gasteiger partial charge in [0.05, 0.1) is 25.1 Å². The molecule has 0 radical (unpaired) electrons. The van der Waals surface area contributed by atoms with Crippen molar-refractivity contribution in [2.45, 2.75) is 19.6 Å². The van der Waals surface area contributed by atoms with Gasteiger partial charge in [0, 0.05) is 11.6 Å². The normalized spacial score (nSPS) is 16.1. The molecule has 0 spiro atoms. The van der Waals surface area contributed by atoms with E-state index in [1.165, 1.54) is 6.07 Å². The Balaban J connectivity index is 1.71. The molecule has 0 saturated carbocycles. The summed E-state index contributed by atoms with van der Waals surface area (Å²) in [7, 11) is -3.60. The van der Waals surface area contributed by atoms with Crippen LogP contribution in [0.5, 0.6) is 11.5 Å². The first kappa shape index (κ1) is 20.3. The van der Waals surface area contributed by atoms with Gasteiger partial charge in [-0.2, -0.15) is 0 Å². The topological polar surface area (TPSA) is 84.9 Å². The minimum atomic E-state index is -3.60. The molecule has 1 aliphatic rings. The Morgan fingerprint density at radius 3 is 2.64 bits per heavy atom. The lowest BCUT2D eigenvalue weighted by molar-refractivity contribution is -0.127. The van der Waals surface area contributed by atoms with Gasteiger partial charge in [0.2, 0.25) is 10.0 Å². The number of anilines is 1. The molecule has 2 aromatic rings. The zero-order valence-electron chi connectivity index (χ0n) is 15.5. The highest BCUT2D eigenvalue weighted by atomic mass is 35.5. The summed E-state index contributed by atoms with van der Waals surface area (Å²) in [6.07, 6.45) is 0.115. The fourth-order valence-electron chi connectivity index (χ4n) is 2.85. The van der Waals surface area contributed by atoms with Crippen molar-refractivity contribution in [2.75, 3.05) is 23.7 Å². The van der Waals surface area contributed by atoms with Crippen LogP contribution in [-0.4, -0.2) is 39.8 Å². The maximum Gasteiger partial charge on any atom is 0.263 e. The molecule has 7 nitrogen and oxygen atoms in total. The molecule has 0 aliphatic carbocycles. The maximum atomic E-state index is 12.6. The van der Waals surface area contributed by atoms with E-state index in [2.05, 4.69) is 5.32 Å². The largest absolute Gasteiger partial charge is 0.494 e. The molecule has 1 heterocycles. The molecule has 3 rings (SSSR count). The molecule has 0 unspecified atom stereocenters. The first-order valence-corrected chi connectivity index (χ1v) is 10.9. The average Bonchev–Trinajstić information content (AvgIpc) is 2.65. The number of fused-ring (bicyclic) bond motifs is 1. The van der Waals surface area contributed by atoms with Crippen LogP contribution >= 0.6 is 11.6 Å². The van der Waals surface area contributed by atoms with Crippen molar-refractivity contribution < 1.29 is 22.7 Å². The summed E-state index contributed by atoms with van der Waals surface area (Å²) in [6, 6.07) is 12.0. The Hall–Kier alpha value is -2.45. The second kappa shape index (κ2) is 8.28. The quantitative estimate of drug-likeness (QED) is 0.770. The Morgan fingerprint density at radius 1 is 1.29 bits per heavy atom. The minimum Gasteiger partial charge on any atom is -0.494 e. The smallest absolute Gasteiger partial charge is 0.263 e. The van der Waals surface area contributed by atoms with Gasteiger partial charge in [-0.1, -0.05) is 23.7 Å². The third-order valence-corrected chi connectivity index (χ3v) is 5.57. The van der Waals surface area contributed by atoms with Gasteiger partial charge in [0.15, 0.2) is 6.10 Å². The molecular formula is C19H21ClN2O5S. The lowest BCUT2D eigenvalue weighted by Gasteiger charge is -2.34. The van der Waals surface area contributed by atoms with Gasteiger partial charge in [0.25, 0.3) is 5.91 Å². The number of benzene rings is 2. The molecule has 150 valence electrons. The Bertz CT molecular complexity index is 963. The summed E-state index contributed by atoms with van der Waals surface area (Å²) in [5.74, 6) is 0.651. The van der Waals surface area contributed by atoms with Crippen molar-refractivity contribution in [3.8, 4) is 11.5 Å². The average molecular weight is 425 g/mol. The van der Waals surface area contributed by atoms with Crippen LogP contribution in [-0.2, 0) is 21.4 Å². The van der Waals surface area contributed by atoms with Crippen molar-refractivity contribution in [1.82, 2.24) is 5.32 Å². The van der Waals surface area contributed by atoms with Crippen molar-refractivity contribution in [3.63, 3.8) is 0 Å². The van der Waals surface area contributed by atoms with E-state index in [0.29, 0.717) is 23.1 Å². The van der Waals surface area contributed by atoms with E-state index in [1.54, 1.807) is 12.1 Å². The number of sulfonamides is 1. The summed E-state index contributed by atoms with van der Waals surface area (Å²) in [5, 5.41) is 3.17. The van der Waals surface area contributed by atoms with Gasteiger partial charge in [-0.25, -0.2) is 8.42 Å². The number of carbonyl (C=O) groups excluding carboxylic acids is 1. The Kier molecular flexibility index (Phi) is 6.00. The number of halogens is 1. The van der Waals surface area contributed by atoms with E-state index in [-0.39, 0.29) is 13.1 Å². The second-order valence-corrected chi connectivity index (χ2v) is 8.65. The highest BCUT2D eigenvalue weighted by Gasteiger charge is 2.35. The molecule has 9 heteroatoms. The van der Waals surface area contributed by atoms with E-state index in [0.717, 1.165) is 21.9 Å². The summed E-state index contributed by atoms with van der Waals surface area (Å²) < 4.78 is 36.6. The Morgan fingerprint density at radius 2 is 2.00 bits per heavy atom. The molecule has 1 atom stereocenters. The van der Waals surface area contributed by atoms with Crippen LogP contribution in [0.3, 0.4) is 0 Å². The lowest BCUT2D eigenvalue weighted by Crippen LogP contribution is -2.50. The van der Waals surface area contributed by atoms with Crippen molar-refractivity contribution in [1.29, 1.82) is 0 Å². The van der Waals surface area contributed by atoms with Gasteiger partial charge in [-0.3, -0.25) is 9.10 Å². The highest BCUT2D eigenvalue weighted by molar-refractivity contribution is 7.92. The third kappa shape index (κ3) is 4.69. The summed E-state index contributed by atoms with van der Waals surface area (Å²) in [4.78, 5) is 12.6. The first-order chi connectivity index (χ1) is 13.3. The predicted octanol–water partition coefficient (Wildman–Crippen LogP) is 2.58. The number of hydrogen-bond acceptors (Lipinski definition) is 5. The molecule has 1 amide bonds. The molecule has 0 saturated heterocycles. The molecule has 0 aromatic heterocycles. The standard InChI is InChI=1S/C19H21ClN2O5S/c1-3-26-15-7-4-13(5-8-15)11-21-19(23)18-12-22(28(2,24)25)16-10-14(20)6-9-17(16)27-18/h4-10,18H,3,11-12H2,1-2H3,(H,21,23)/t18-/m0/s1. The molecular weight excluding hydrogens is 404 g/mol. The number of hydrogen-bond donors (Lipinski definition) is 1. The van der Waals surface area contributed by atoms with Crippen molar-refractivity contribution in [3.05, 3.63) is 53.1 Å². The number of carbonyl (C=O) groups is 1. The Labute approximate surface area is 169 Å². The van der Waals surface area contributed by atoms with Gasteiger partial charge < -0.3 is 14.8 Å². The SMILES string of the molecule is CCOc1ccc(CNC(=O)[C@@H]2CN(S(C)(=O)=O)c3cc(Cl)ccc3O2)cc1. The van der Waals surface area contributed by atoms with E-state index < -0.39 is 22.0 Å². The molecule has 0 bridgehead atoms. The number of nitrogens with one attached hydrogen (secondary N) is 1. The zero-order valence-corrected chi connectivity index (χ0v) is 17.1. The monoisotopic (exact) mass is 424 g/mol. The van der Waals surface area contributed by atoms with Crippen LogP contribution in [0.2, 0.25) is 5.02 Å². The molecule has 1 aliphatic heterocycles. The van der Waals surface area contributed by atoms with E-state index >= 15 is 0 Å². The first-order valence-electron chi connectivity index (χ1n) is 8.71. The van der Waals surface area contributed by atoms with Crippen molar-refractivity contribution in [2.24, 2.45) is 0 Å². The van der Waals surface area contributed by atoms with Crippen molar-refractivity contribution >= 4 is 33.2 Å². The molecule has 0 fully saturated rings. The predicted molar refractivity (Wildman–Crippen MR) is 108 cm³/mol. The molecule has 1 N–H and O–H groups in total.